The fraction of sp³-hybridized carbons (Fsp3) is 0.176. The number of hydrogen-bond acceptors (Lipinski definition) is 6. The van der Waals surface area contributed by atoms with E-state index < -0.39 is 0 Å². The number of nitrogens with zero attached hydrogens (tertiary/aromatic N) is 4. The number of urea groups is 1. The van der Waals surface area contributed by atoms with Crippen molar-refractivity contribution in [2.75, 3.05) is 12.4 Å². The molecule has 0 bridgehead atoms. The van der Waals surface area contributed by atoms with Crippen LogP contribution in [-0.4, -0.2) is 32.9 Å². The van der Waals surface area contributed by atoms with Crippen molar-refractivity contribution in [1.29, 1.82) is 0 Å². The van der Waals surface area contributed by atoms with Gasteiger partial charge in [-0.3, -0.25) is 0 Å². The molecule has 0 spiro atoms. The Hall–Kier alpha value is -3.00. The number of carbonyl (C=O) groups excluding carboxylic acids is 1. The molecule has 1 aromatic carbocycles. The molecule has 0 aliphatic carbocycles. The fourth-order valence-electron chi connectivity index (χ4n) is 2.06. The lowest BCUT2D eigenvalue weighted by atomic mass is 10.3. The van der Waals surface area contributed by atoms with Crippen molar-refractivity contribution in [3.8, 4) is 11.8 Å². The molecule has 0 aliphatic heterocycles. The van der Waals surface area contributed by atoms with Gasteiger partial charge in [-0.15, -0.1) is 11.3 Å². The van der Waals surface area contributed by atoms with Crippen LogP contribution in [0.3, 0.4) is 0 Å². The van der Waals surface area contributed by atoms with Crippen LogP contribution in [0.5, 0.6) is 11.8 Å². The number of amides is 2. The Labute approximate surface area is 149 Å². The van der Waals surface area contributed by atoms with Gasteiger partial charge >= 0.3 is 12.0 Å². The molecule has 0 fully saturated rings. The minimum absolute atomic E-state index is 0.203. The molecule has 8 heteroatoms. The Morgan fingerprint density at radius 2 is 1.96 bits per heavy atom. The Balaban J connectivity index is 1.56. The second-order valence-corrected chi connectivity index (χ2v) is 6.36. The molecular weight excluding hydrogens is 338 g/mol. The van der Waals surface area contributed by atoms with E-state index in [2.05, 4.69) is 20.3 Å². The quantitative estimate of drug-likeness (QED) is 0.755. The van der Waals surface area contributed by atoms with E-state index in [0.717, 1.165) is 10.7 Å². The third-order valence-corrected chi connectivity index (χ3v) is 4.09. The molecule has 128 valence electrons. The van der Waals surface area contributed by atoms with Crippen LogP contribution < -0.4 is 10.1 Å². The number of nitrogens with one attached hydrogen (secondary N) is 1. The zero-order chi connectivity index (χ0) is 17.6. The minimum Gasteiger partial charge on any atom is -0.424 e. The van der Waals surface area contributed by atoms with Crippen LogP contribution in [0.2, 0.25) is 0 Å². The summed E-state index contributed by atoms with van der Waals surface area (Å²) in [5.74, 6) is 0.593. The third-order valence-electron chi connectivity index (χ3n) is 3.27. The van der Waals surface area contributed by atoms with Gasteiger partial charge in [-0.2, -0.15) is 0 Å². The number of hydrogen-bond donors (Lipinski definition) is 1. The van der Waals surface area contributed by atoms with Gasteiger partial charge in [-0.1, -0.05) is 0 Å². The lowest BCUT2D eigenvalue weighted by molar-refractivity contribution is 0.220. The number of rotatable bonds is 5. The molecular formula is C17H17N5O2S. The van der Waals surface area contributed by atoms with Crippen LogP contribution in [0.4, 0.5) is 10.5 Å². The number of aromatic nitrogens is 3. The van der Waals surface area contributed by atoms with Gasteiger partial charge in [0.1, 0.15) is 5.75 Å². The maximum absolute atomic E-state index is 12.2. The summed E-state index contributed by atoms with van der Waals surface area (Å²) in [6.07, 6.45) is 3.22. The molecule has 0 atom stereocenters. The molecule has 1 N–H and O–H groups in total. The van der Waals surface area contributed by atoms with Gasteiger partial charge in [0.15, 0.2) is 0 Å². The fourth-order valence-corrected chi connectivity index (χ4v) is 2.67. The molecule has 0 saturated heterocycles. The molecule has 0 unspecified atom stereocenters. The summed E-state index contributed by atoms with van der Waals surface area (Å²) in [4.78, 5) is 26.2. The summed E-state index contributed by atoms with van der Waals surface area (Å²) in [6.45, 7) is 2.40. The monoisotopic (exact) mass is 355 g/mol. The van der Waals surface area contributed by atoms with Crippen LogP contribution >= 0.6 is 11.3 Å². The van der Waals surface area contributed by atoms with Crippen molar-refractivity contribution in [2.24, 2.45) is 0 Å². The van der Waals surface area contributed by atoms with Crippen molar-refractivity contribution < 1.29 is 9.53 Å². The van der Waals surface area contributed by atoms with E-state index in [0.29, 0.717) is 18.0 Å². The van der Waals surface area contributed by atoms with E-state index in [1.807, 2.05) is 12.3 Å². The Morgan fingerprint density at radius 3 is 2.60 bits per heavy atom. The predicted molar refractivity (Wildman–Crippen MR) is 95.9 cm³/mol. The summed E-state index contributed by atoms with van der Waals surface area (Å²) in [5, 5.41) is 5.78. The van der Waals surface area contributed by atoms with Gasteiger partial charge < -0.3 is 15.0 Å². The molecule has 7 nitrogen and oxygen atoms in total. The van der Waals surface area contributed by atoms with Crippen LogP contribution in [-0.2, 0) is 6.54 Å². The summed E-state index contributed by atoms with van der Waals surface area (Å²) in [7, 11) is 1.73. The summed E-state index contributed by atoms with van der Waals surface area (Å²) < 4.78 is 5.51. The number of anilines is 1. The number of carbonyl (C=O) groups is 1. The maximum Gasteiger partial charge on any atom is 0.321 e. The second kappa shape index (κ2) is 7.71. The van der Waals surface area contributed by atoms with Crippen molar-refractivity contribution in [1.82, 2.24) is 19.9 Å². The number of benzene rings is 1. The number of aryl methyl sites for hydroxylation is 1. The highest BCUT2D eigenvalue weighted by Crippen LogP contribution is 2.20. The molecule has 0 aliphatic rings. The highest BCUT2D eigenvalue weighted by atomic mass is 32.1. The smallest absolute Gasteiger partial charge is 0.321 e. The van der Waals surface area contributed by atoms with Crippen molar-refractivity contribution >= 4 is 23.1 Å². The first kappa shape index (κ1) is 16.8. The van der Waals surface area contributed by atoms with E-state index in [4.69, 9.17) is 4.74 Å². The largest absolute Gasteiger partial charge is 0.424 e. The summed E-state index contributed by atoms with van der Waals surface area (Å²) in [6, 6.07) is 8.80. The number of thiazole rings is 1. The lowest BCUT2D eigenvalue weighted by Gasteiger charge is -2.17. The molecule has 2 amide bonds. The summed E-state index contributed by atoms with van der Waals surface area (Å²) >= 11 is 1.57. The van der Waals surface area contributed by atoms with Crippen molar-refractivity contribution in [3.63, 3.8) is 0 Å². The molecule has 2 aromatic heterocycles. The van der Waals surface area contributed by atoms with E-state index in [1.165, 1.54) is 0 Å². The van der Waals surface area contributed by atoms with Gasteiger partial charge in [-0.05, 0) is 37.3 Å². The van der Waals surface area contributed by atoms with E-state index in [9.17, 15) is 4.79 Å². The highest BCUT2D eigenvalue weighted by molar-refractivity contribution is 7.09. The Morgan fingerprint density at radius 1 is 1.24 bits per heavy atom. The van der Waals surface area contributed by atoms with Crippen LogP contribution in [0, 0.1) is 6.92 Å². The van der Waals surface area contributed by atoms with Crippen LogP contribution in [0.25, 0.3) is 0 Å². The van der Waals surface area contributed by atoms with Crippen molar-refractivity contribution in [3.05, 3.63) is 58.8 Å². The molecule has 3 rings (SSSR count). The van der Waals surface area contributed by atoms with Gasteiger partial charge in [-0.25, -0.2) is 19.7 Å². The van der Waals surface area contributed by atoms with Crippen molar-refractivity contribution in [2.45, 2.75) is 13.5 Å². The first-order chi connectivity index (χ1) is 12.1. The zero-order valence-corrected chi connectivity index (χ0v) is 14.7. The van der Waals surface area contributed by atoms with Gasteiger partial charge in [0, 0.05) is 30.5 Å². The van der Waals surface area contributed by atoms with Gasteiger partial charge in [0.05, 0.1) is 17.2 Å². The SMILES string of the molecule is Cc1nc(CN(C)C(=O)Nc2ccc(Oc3ncccn3)cc2)cs1. The van der Waals surface area contributed by atoms with Crippen LogP contribution in [0.15, 0.2) is 48.1 Å². The molecule has 0 saturated carbocycles. The first-order valence-corrected chi connectivity index (χ1v) is 8.46. The zero-order valence-electron chi connectivity index (χ0n) is 13.8. The Bertz CT molecular complexity index is 836. The van der Waals surface area contributed by atoms with E-state index in [1.54, 1.807) is 66.0 Å². The average Bonchev–Trinajstić information content (AvgIpc) is 3.02. The van der Waals surface area contributed by atoms with E-state index in [-0.39, 0.29) is 12.0 Å². The minimum atomic E-state index is -0.203. The number of ether oxygens (including phenoxy) is 1. The Kier molecular flexibility index (Phi) is 5.20. The van der Waals surface area contributed by atoms with Gasteiger partial charge in [0.25, 0.3) is 0 Å². The normalized spacial score (nSPS) is 10.3. The molecule has 0 radical (unpaired) electrons. The second-order valence-electron chi connectivity index (χ2n) is 5.30. The molecule has 25 heavy (non-hydrogen) atoms. The van der Waals surface area contributed by atoms with Gasteiger partial charge in [0.2, 0.25) is 0 Å². The standard InChI is InChI=1S/C17H17N5O2S/c1-12-20-14(11-25-12)10-22(2)17(23)21-13-4-6-15(7-5-13)24-16-18-8-3-9-19-16/h3-9,11H,10H2,1-2H3,(H,21,23). The maximum atomic E-state index is 12.2. The van der Waals surface area contributed by atoms with E-state index >= 15 is 0 Å². The topological polar surface area (TPSA) is 80.2 Å². The lowest BCUT2D eigenvalue weighted by Crippen LogP contribution is -2.30. The molecule has 3 aromatic rings. The average molecular weight is 355 g/mol. The van der Waals surface area contributed by atoms with Crippen LogP contribution in [0.1, 0.15) is 10.7 Å². The predicted octanol–water partition coefficient (Wildman–Crippen LogP) is 3.70. The summed E-state index contributed by atoms with van der Waals surface area (Å²) in [5.41, 5.74) is 1.55. The molecule has 2 heterocycles. The third kappa shape index (κ3) is 4.74. The highest BCUT2D eigenvalue weighted by Gasteiger charge is 2.11. The first-order valence-electron chi connectivity index (χ1n) is 7.58.